The quantitative estimate of drug-likeness (QED) is 0.692. The summed E-state index contributed by atoms with van der Waals surface area (Å²) in [7, 11) is -5.26. The third kappa shape index (κ3) is 3.08. The van der Waals surface area contributed by atoms with Gasteiger partial charge in [0.1, 0.15) is 0 Å². The first-order valence-electron chi connectivity index (χ1n) is 5.89. The average Bonchev–Trinajstić information content (AvgIpc) is 2.38. The summed E-state index contributed by atoms with van der Waals surface area (Å²) in [5.74, 6) is 0. The lowest BCUT2D eigenvalue weighted by molar-refractivity contribution is 0.426. The van der Waals surface area contributed by atoms with Gasteiger partial charge in [-0.15, -0.1) is 0 Å². The minimum Gasteiger partial charge on any atom is -0.423 e. The van der Waals surface area contributed by atoms with Gasteiger partial charge in [0.05, 0.1) is 4.90 Å². The average molecular weight is 291 g/mol. The van der Waals surface area contributed by atoms with Crippen LogP contribution in [0.5, 0.6) is 0 Å². The molecule has 0 saturated heterocycles. The van der Waals surface area contributed by atoms with E-state index in [2.05, 4.69) is 0 Å². The van der Waals surface area contributed by atoms with E-state index in [0.717, 1.165) is 16.7 Å². The number of primary sulfonamides is 1. The van der Waals surface area contributed by atoms with Crippen molar-refractivity contribution in [2.45, 2.75) is 11.8 Å². The number of rotatable bonds is 3. The predicted octanol–water partition coefficient (Wildman–Crippen LogP) is -0.0108. The number of benzene rings is 2. The SMILES string of the molecule is Cc1ccc(B(O)O)cc1-c1ccc(S(N)(=O)=O)cc1. The van der Waals surface area contributed by atoms with Crippen LogP contribution in [0.15, 0.2) is 47.4 Å². The summed E-state index contributed by atoms with van der Waals surface area (Å²) in [4.78, 5) is 0.0391. The first kappa shape index (κ1) is 14.7. The van der Waals surface area contributed by atoms with Crippen molar-refractivity contribution >= 4 is 22.6 Å². The summed E-state index contributed by atoms with van der Waals surface area (Å²) in [5, 5.41) is 23.4. The van der Waals surface area contributed by atoms with Crippen molar-refractivity contribution in [1.82, 2.24) is 0 Å². The molecule has 0 amide bonds. The Hall–Kier alpha value is -1.67. The molecule has 0 aliphatic rings. The van der Waals surface area contributed by atoms with Gasteiger partial charge in [-0.25, -0.2) is 13.6 Å². The van der Waals surface area contributed by atoms with Crippen LogP contribution in [0.25, 0.3) is 11.1 Å². The Morgan fingerprint density at radius 1 is 1.05 bits per heavy atom. The molecule has 7 heteroatoms. The summed E-state index contributed by atoms with van der Waals surface area (Å²) in [6, 6.07) is 11.2. The Labute approximate surface area is 117 Å². The van der Waals surface area contributed by atoms with Gasteiger partial charge in [-0.05, 0) is 41.2 Å². The maximum absolute atomic E-state index is 11.2. The smallest absolute Gasteiger partial charge is 0.423 e. The molecule has 104 valence electrons. The van der Waals surface area contributed by atoms with Crippen LogP contribution in [-0.2, 0) is 10.0 Å². The zero-order valence-electron chi connectivity index (χ0n) is 10.8. The Bertz CT molecular complexity index is 727. The van der Waals surface area contributed by atoms with E-state index in [1.165, 1.54) is 12.1 Å². The maximum atomic E-state index is 11.2. The number of aryl methyl sites for hydroxylation is 1. The minimum atomic E-state index is -3.71. The zero-order valence-corrected chi connectivity index (χ0v) is 11.6. The maximum Gasteiger partial charge on any atom is 0.488 e. The molecular weight excluding hydrogens is 277 g/mol. The lowest BCUT2D eigenvalue weighted by atomic mass is 9.78. The normalized spacial score (nSPS) is 11.4. The van der Waals surface area contributed by atoms with Gasteiger partial charge in [0.2, 0.25) is 10.0 Å². The monoisotopic (exact) mass is 291 g/mol. The van der Waals surface area contributed by atoms with Gasteiger partial charge in [-0.2, -0.15) is 0 Å². The molecular formula is C13H14BNO4S. The van der Waals surface area contributed by atoms with E-state index < -0.39 is 17.1 Å². The second-order valence-corrected chi connectivity index (χ2v) is 6.08. The van der Waals surface area contributed by atoms with Crippen LogP contribution in [-0.4, -0.2) is 25.6 Å². The molecule has 20 heavy (non-hydrogen) atoms. The fourth-order valence-electron chi connectivity index (χ4n) is 1.94. The van der Waals surface area contributed by atoms with Gasteiger partial charge >= 0.3 is 7.12 Å². The molecule has 0 unspecified atom stereocenters. The van der Waals surface area contributed by atoms with Crippen LogP contribution >= 0.6 is 0 Å². The van der Waals surface area contributed by atoms with Crippen LogP contribution in [0.2, 0.25) is 0 Å². The van der Waals surface area contributed by atoms with Gasteiger partial charge in [0.15, 0.2) is 0 Å². The fraction of sp³-hybridized carbons (Fsp3) is 0.0769. The molecule has 0 saturated carbocycles. The Morgan fingerprint density at radius 3 is 2.15 bits per heavy atom. The molecule has 0 spiro atoms. The second-order valence-electron chi connectivity index (χ2n) is 4.52. The van der Waals surface area contributed by atoms with Gasteiger partial charge in [0.25, 0.3) is 0 Å². The molecule has 0 aromatic heterocycles. The van der Waals surface area contributed by atoms with Crippen LogP contribution in [0.1, 0.15) is 5.56 Å². The Morgan fingerprint density at radius 2 is 1.65 bits per heavy atom. The molecule has 0 bridgehead atoms. The molecule has 0 atom stereocenters. The van der Waals surface area contributed by atoms with E-state index in [1.54, 1.807) is 30.3 Å². The number of sulfonamides is 1. The van der Waals surface area contributed by atoms with Gasteiger partial charge in [-0.3, -0.25) is 0 Å². The highest BCUT2D eigenvalue weighted by atomic mass is 32.2. The molecule has 0 aliphatic heterocycles. The van der Waals surface area contributed by atoms with E-state index >= 15 is 0 Å². The van der Waals surface area contributed by atoms with E-state index in [4.69, 9.17) is 5.14 Å². The summed E-state index contributed by atoms with van der Waals surface area (Å²) in [5.41, 5.74) is 2.90. The van der Waals surface area contributed by atoms with Crippen molar-refractivity contribution in [3.63, 3.8) is 0 Å². The van der Waals surface area contributed by atoms with Crippen LogP contribution < -0.4 is 10.6 Å². The third-order valence-electron chi connectivity index (χ3n) is 3.05. The van der Waals surface area contributed by atoms with Crippen molar-refractivity contribution in [3.8, 4) is 11.1 Å². The van der Waals surface area contributed by atoms with Crippen molar-refractivity contribution in [1.29, 1.82) is 0 Å². The van der Waals surface area contributed by atoms with Crippen molar-refractivity contribution in [2.75, 3.05) is 0 Å². The highest BCUT2D eigenvalue weighted by Gasteiger charge is 2.14. The summed E-state index contributed by atoms with van der Waals surface area (Å²) in [6.07, 6.45) is 0. The van der Waals surface area contributed by atoms with Crippen molar-refractivity contribution in [3.05, 3.63) is 48.0 Å². The number of hydrogen-bond donors (Lipinski definition) is 3. The highest BCUT2D eigenvalue weighted by Crippen LogP contribution is 2.23. The molecule has 4 N–H and O–H groups in total. The molecule has 2 aromatic rings. The molecule has 2 aromatic carbocycles. The van der Waals surface area contributed by atoms with Crippen molar-refractivity contribution in [2.24, 2.45) is 5.14 Å². The largest absolute Gasteiger partial charge is 0.488 e. The first-order chi connectivity index (χ1) is 9.29. The highest BCUT2D eigenvalue weighted by molar-refractivity contribution is 7.89. The minimum absolute atomic E-state index is 0.0391. The first-order valence-corrected chi connectivity index (χ1v) is 7.43. The second kappa shape index (κ2) is 5.38. The third-order valence-corrected chi connectivity index (χ3v) is 3.98. The Balaban J connectivity index is 2.49. The fourth-order valence-corrected chi connectivity index (χ4v) is 2.45. The topological polar surface area (TPSA) is 101 Å². The van der Waals surface area contributed by atoms with E-state index in [9.17, 15) is 18.5 Å². The van der Waals surface area contributed by atoms with Crippen LogP contribution in [0, 0.1) is 6.92 Å². The van der Waals surface area contributed by atoms with E-state index in [-0.39, 0.29) is 4.90 Å². The standard InChI is InChI=1S/C13H14BNO4S/c1-9-2-5-11(14(16)17)8-13(9)10-3-6-12(7-4-10)20(15,18)19/h2-8,16-17H,1H3,(H2,15,18,19). The number of hydrogen-bond acceptors (Lipinski definition) is 4. The molecule has 5 nitrogen and oxygen atoms in total. The van der Waals surface area contributed by atoms with Crippen LogP contribution in [0.4, 0.5) is 0 Å². The lowest BCUT2D eigenvalue weighted by Crippen LogP contribution is -2.29. The molecule has 0 heterocycles. The van der Waals surface area contributed by atoms with E-state index in [1.807, 2.05) is 6.92 Å². The van der Waals surface area contributed by atoms with E-state index in [0.29, 0.717) is 5.46 Å². The zero-order chi connectivity index (χ0) is 14.9. The van der Waals surface area contributed by atoms with Gasteiger partial charge < -0.3 is 10.0 Å². The van der Waals surface area contributed by atoms with Crippen LogP contribution in [0.3, 0.4) is 0 Å². The molecule has 2 rings (SSSR count). The van der Waals surface area contributed by atoms with Gasteiger partial charge in [-0.1, -0.05) is 30.3 Å². The Kier molecular flexibility index (Phi) is 3.96. The number of nitrogens with two attached hydrogens (primary N) is 1. The summed E-state index contributed by atoms with van der Waals surface area (Å²) < 4.78 is 22.4. The molecule has 0 fully saturated rings. The summed E-state index contributed by atoms with van der Waals surface area (Å²) in [6.45, 7) is 1.89. The van der Waals surface area contributed by atoms with Gasteiger partial charge in [0, 0.05) is 0 Å². The molecule has 0 aliphatic carbocycles. The lowest BCUT2D eigenvalue weighted by Gasteiger charge is -2.09. The molecule has 0 radical (unpaired) electrons. The summed E-state index contributed by atoms with van der Waals surface area (Å²) >= 11 is 0. The van der Waals surface area contributed by atoms with Crippen molar-refractivity contribution < 1.29 is 18.5 Å². The predicted molar refractivity (Wildman–Crippen MR) is 77.8 cm³/mol.